The second-order valence-corrected chi connectivity index (χ2v) is 6.52. The second kappa shape index (κ2) is 9.27. The molecule has 140 valence electrons. The first-order chi connectivity index (χ1) is 12.5. The summed E-state index contributed by atoms with van der Waals surface area (Å²) in [6, 6.07) is 13.6. The van der Waals surface area contributed by atoms with Crippen LogP contribution in [-0.4, -0.2) is 19.1 Å². The average molecular weight is 355 g/mol. The van der Waals surface area contributed by atoms with Gasteiger partial charge in [-0.1, -0.05) is 37.6 Å². The van der Waals surface area contributed by atoms with E-state index < -0.39 is 6.10 Å². The number of rotatable bonds is 8. The van der Waals surface area contributed by atoms with E-state index in [1.807, 2.05) is 31.2 Å². The fourth-order valence-corrected chi connectivity index (χ4v) is 3.02. The van der Waals surface area contributed by atoms with Crippen molar-refractivity contribution in [2.45, 2.75) is 52.7 Å². The van der Waals surface area contributed by atoms with E-state index in [1.165, 1.54) is 11.1 Å². The van der Waals surface area contributed by atoms with Crippen molar-refractivity contribution >= 4 is 5.91 Å². The van der Waals surface area contributed by atoms with Crippen LogP contribution in [0, 0.1) is 13.8 Å². The molecule has 4 nitrogen and oxygen atoms in total. The monoisotopic (exact) mass is 355 g/mol. The van der Waals surface area contributed by atoms with Gasteiger partial charge in [-0.3, -0.25) is 4.79 Å². The molecule has 2 aromatic carbocycles. The van der Waals surface area contributed by atoms with Crippen molar-refractivity contribution in [2.75, 3.05) is 7.11 Å². The quantitative estimate of drug-likeness (QED) is 0.744. The molecule has 4 heteroatoms. The Bertz CT molecular complexity index is 725. The van der Waals surface area contributed by atoms with Crippen molar-refractivity contribution in [3.63, 3.8) is 0 Å². The zero-order chi connectivity index (χ0) is 19.1. The normalized spacial score (nSPS) is 13.0. The Morgan fingerprint density at radius 2 is 1.65 bits per heavy atom. The lowest BCUT2D eigenvalue weighted by atomic mass is 9.97. The highest BCUT2D eigenvalue weighted by molar-refractivity contribution is 5.81. The number of methoxy groups -OCH3 is 1. The summed E-state index contributed by atoms with van der Waals surface area (Å²) >= 11 is 0. The molecule has 0 fully saturated rings. The van der Waals surface area contributed by atoms with Crippen molar-refractivity contribution in [1.82, 2.24) is 5.32 Å². The topological polar surface area (TPSA) is 47.6 Å². The largest absolute Gasteiger partial charge is 0.497 e. The van der Waals surface area contributed by atoms with Gasteiger partial charge in [0.2, 0.25) is 0 Å². The van der Waals surface area contributed by atoms with Gasteiger partial charge in [-0.25, -0.2) is 0 Å². The van der Waals surface area contributed by atoms with Crippen LogP contribution in [0.1, 0.15) is 49.4 Å². The summed E-state index contributed by atoms with van der Waals surface area (Å²) in [4.78, 5) is 12.8. The highest BCUT2D eigenvalue weighted by Gasteiger charge is 2.22. The summed E-state index contributed by atoms with van der Waals surface area (Å²) in [7, 11) is 1.62. The number of carbonyl (C=O) groups is 1. The lowest BCUT2D eigenvalue weighted by Crippen LogP contribution is -2.40. The van der Waals surface area contributed by atoms with E-state index in [4.69, 9.17) is 9.47 Å². The summed E-state index contributed by atoms with van der Waals surface area (Å²) in [5.41, 5.74) is 3.58. The molecule has 2 aromatic rings. The van der Waals surface area contributed by atoms with Crippen LogP contribution in [0.2, 0.25) is 0 Å². The van der Waals surface area contributed by atoms with Crippen molar-refractivity contribution in [2.24, 2.45) is 0 Å². The Morgan fingerprint density at radius 3 is 2.19 bits per heavy atom. The maximum atomic E-state index is 12.8. The van der Waals surface area contributed by atoms with E-state index in [0.717, 1.165) is 17.7 Å². The fraction of sp³-hybridized carbons (Fsp3) is 0.409. The molecule has 0 bridgehead atoms. The molecule has 2 rings (SSSR count). The van der Waals surface area contributed by atoms with Gasteiger partial charge in [0, 0.05) is 0 Å². The predicted molar refractivity (Wildman–Crippen MR) is 105 cm³/mol. The van der Waals surface area contributed by atoms with Crippen LogP contribution in [0.4, 0.5) is 0 Å². The summed E-state index contributed by atoms with van der Waals surface area (Å²) < 4.78 is 11.0. The van der Waals surface area contributed by atoms with E-state index in [0.29, 0.717) is 12.2 Å². The number of aryl methyl sites for hydroxylation is 2. The first-order valence-electron chi connectivity index (χ1n) is 9.16. The van der Waals surface area contributed by atoms with Gasteiger partial charge < -0.3 is 14.8 Å². The lowest BCUT2D eigenvalue weighted by Gasteiger charge is -2.23. The Morgan fingerprint density at radius 1 is 1.00 bits per heavy atom. The molecule has 0 saturated carbocycles. The van der Waals surface area contributed by atoms with Crippen LogP contribution in [0.15, 0.2) is 42.5 Å². The summed E-state index contributed by atoms with van der Waals surface area (Å²) in [5.74, 6) is 1.33. The lowest BCUT2D eigenvalue weighted by molar-refractivity contribution is -0.128. The average Bonchev–Trinajstić information content (AvgIpc) is 2.65. The first-order valence-corrected chi connectivity index (χ1v) is 9.16. The minimum Gasteiger partial charge on any atom is -0.497 e. The Hall–Kier alpha value is -2.49. The van der Waals surface area contributed by atoms with E-state index in [-0.39, 0.29) is 11.9 Å². The summed E-state index contributed by atoms with van der Waals surface area (Å²) in [6.07, 6.45) is 0.902. The van der Waals surface area contributed by atoms with Gasteiger partial charge in [0.05, 0.1) is 13.2 Å². The number of carbonyl (C=O) groups excluding carboxylic acids is 1. The molecule has 0 aliphatic heterocycles. The van der Waals surface area contributed by atoms with Gasteiger partial charge in [0.1, 0.15) is 11.5 Å². The molecule has 0 aromatic heterocycles. The van der Waals surface area contributed by atoms with E-state index in [9.17, 15) is 4.79 Å². The number of nitrogens with one attached hydrogen (secondary N) is 1. The number of hydrogen-bond acceptors (Lipinski definition) is 3. The van der Waals surface area contributed by atoms with Gasteiger partial charge >= 0.3 is 0 Å². The van der Waals surface area contributed by atoms with Crippen LogP contribution in [0.3, 0.4) is 0 Å². The predicted octanol–water partition coefficient (Wildman–Crippen LogP) is 4.74. The summed E-state index contributed by atoms with van der Waals surface area (Å²) in [5, 5.41) is 3.15. The minimum atomic E-state index is -0.525. The van der Waals surface area contributed by atoms with Crippen LogP contribution >= 0.6 is 0 Å². The van der Waals surface area contributed by atoms with Crippen LogP contribution in [0.25, 0.3) is 0 Å². The van der Waals surface area contributed by atoms with Gasteiger partial charge in [0.15, 0.2) is 6.10 Å². The van der Waals surface area contributed by atoms with Crippen LogP contribution in [-0.2, 0) is 4.79 Å². The third kappa shape index (κ3) is 5.01. The summed E-state index contributed by atoms with van der Waals surface area (Å²) in [6.45, 7) is 8.19. The molecule has 0 aliphatic rings. The third-order valence-corrected chi connectivity index (χ3v) is 4.53. The molecule has 0 heterocycles. The molecule has 0 saturated heterocycles. The zero-order valence-corrected chi connectivity index (χ0v) is 16.3. The molecule has 0 radical (unpaired) electrons. The van der Waals surface area contributed by atoms with Gasteiger partial charge in [-0.15, -0.1) is 0 Å². The number of benzene rings is 2. The Balaban J connectivity index is 2.08. The molecule has 1 amide bonds. The van der Waals surface area contributed by atoms with Gasteiger partial charge in [0.25, 0.3) is 5.91 Å². The van der Waals surface area contributed by atoms with Gasteiger partial charge in [-0.05, 0) is 62.1 Å². The smallest absolute Gasteiger partial charge is 0.261 e. The van der Waals surface area contributed by atoms with E-state index >= 15 is 0 Å². The Kier molecular flexibility index (Phi) is 7.07. The SMILES string of the molecule is CC[C@H](NC(=O)[C@@H](CC)Oc1ccc(OC)cc1)c1ccc(C)cc1C. The number of ether oxygens (including phenoxy) is 2. The standard InChI is InChI=1S/C22H29NO3/c1-6-20(19-13-8-15(3)14-16(19)4)23-22(24)21(7-2)26-18-11-9-17(25-5)10-12-18/h8-14,20-21H,6-7H2,1-5H3,(H,23,24)/t20-,21+/m0/s1. The minimum absolute atomic E-state index is 0.0170. The maximum absolute atomic E-state index is 12.8. The highest BCUT2D eigenvalue weighted by Crippen LogP contribution is 2.23. The van der Waals surface area contributed by atoms with E-state index in [1.54, 1.807) is 7.11 Å². The van der Waals surface area contributed by atoms with Crippen molar-refractivity contribution in [3.05, 3.63) is 59.2 Å². The molecule has 0 aliphatic carbocycles. The number of hydrogen-bond donors (Lipinski definition) is 1. The maximum Gasteiger partial charge on any atom is 0.261 e. The molecular weight excluding hydrogens is 326 g/mol. The fourth-order valence-electron chi connectivity index (χ4n) is 3.02. The van der Waals surface area contributed by atoms with E-state index in [2.05, 4.69) is 44.3 Å². The molecule has 0 spiro atoms. The molecule has 2 atom stereocenters. The first kappa shape index (κ1) is 19.8. The van der Waals surface area contributed by atoms with Crippen molar-refractivity contribution < 1.29 is 14.3 Å². The van der Waals surface area contributed by atoms with Crippen LogP contribution in [0.5, 0.6) is 11.5 Å². The zero-order valence-electron chi connectivity index (χ0n) is 16.3. The number of amides is 1. The molecular formula is C22H29NO3. The molecule has 1 N–H and O–H groups in total. The van der Waals surface area contributed by atoms with Crippen LogP contribution < -0.4 is 14.8 Å². The van der Waals surface area contributed by atoms with Crippen molar-refractivity contribution in [1.29, 1.82) is 0 Å². The molecule has 26 heavy (non-hydrogen) atoms. The highest BCUT2D eigenvalue weighted by atomic mass is 16.5. The van der Waals surface area contributed by atoms with Crippen molar-refractivity contribution in [3.8, 4) is 11.5 Å². The molecule has 0 unspecified atom stereocenters. The third-order valence-electron chi connectivity index (χ3n) is 4.53. The van der Waals surface area contributed by atoms with Gasteiger partial charge in [-0.2, -0.15) is 0 Å². The Labute approximate surface area is 156 Å². The second-order valence-electron chi connectivity index (χ2n) is 6.52.